The number of hydroxylamine groups is 2. The number of nitrogens with zero attached hydrogens (tertiary/aromatic N) is 1. The average molecular weight is 183 g/mol. The summed E-state index contributed by atoms with van der Waals surface area (Å²) < 4.78 is 0. The number of carbonyl (C=O) groups excluding carboxylic acids is 1. The minimum absolute atomic E-state index is 0.0535. The first-order valence-electron chi connectivity index (χ1n) is 4.78. The first kappa shape index (κ1) is 10.3. The minimum Gasteiger partial charge on any atom is -0.274 e. The third kappa shape index (κ3) is 2.56. The molecular weight excluding hydrogens is 166 g/mol. The Kier molecular flexibility index (Phi) is 3.96. The van der Waals surface area contributed by atoms with Crippen molar-refractivity contribution >= 4 is 5.91 Å². The van der Waals surface area contributed by atoms with Crippen LogP contribution in [0.25, 0.3) is 0 Å². The molecule has 0 bridgehead atoms. The summed E-state index contributed by atoms with van der Waals surface area (Å²) in [7, 11) is 1.54. The zero-order valence-electron chi connectivity index (χ0n) is 8.16. The van der Waals surface area contributed by atoms with E-state index in [4.69, 9.17) is 4.84 Å². The van der Waals surface area contributed by atoms with Crippen LogP contribution in [0.5, 0.6) is 0 Å². The molecule has 0 radical (unpaired) electrons. The number of rotatable bonds is 2. The van der Waals surface area contributed by atoms with Crippen molar-refractivity contribution in [3.05, 3.63) is 12.7 Å². The van der Waals surface area contributed by atoms with Crippen LogP contribution in [0.3, 0.4) is 0 Å². The van der Waals surface area contributed by atoms with E-state index in [0.717, 1.165) is 25.7 Å². The fourth-order valence-electron chi connectivity index (χ4n) is 1.67. The van der Waals surface area contributed by atoms with E-state index in [1.54, 1.807) is 6.08 Å². The highest BCUT2D eigenvalue weighted by Crippen LogP contribution is 2.17. The van der Waals surface area contributed by atoms with Crippen LogP contribution in [-0.4, -0.2) is 24.1 Å². The molecule has 0 spiro atoms. The Hall–Kier alpha value is -0.830. The highest BCUT2D eigenvalue weighted by molar-refractivity contribution is 5.75. The zero-order chi connectivity index (χ0) is 9.68. The van der Waals surface area contributed by atoms with Crippen LogP contribution in [0.15, 0.2) is 12.7 Å². The lowest BCUT2D eigenvalue weighted by Crippen LogP contribution is -2.39. The molecule has 3 heteroatoms. The third-order valence-corrected chi connectivity index (χ3v) is 2.41. The molecule has 1 rings (SSSR count). The first-order valence-corrected chi connectivity index (χ1v) is 4.78. The van der Waals surface area contributed by atoms with Crippen LogP contribution in [0, 0.1) is 0 Å². The normalized spacial score (nSPS) is 25.2. The molecule has 1 aliphatic rings. The van der Waals surface area contributed by atoms with Crippen molar-refractivity contribution in [3.63, 3.8) is 0 Å². The standard InChI is InChI=1S/C10H17NO2/c1-3-9-7-5-4-6-8-10(12)11(9)13-2/h3,9H,1,4-8H2,2H3/t9-/m0/s1. The Morgan fingerprint density at radius 1 is 1.54 bits per heavy atom. The fourth-order valence-corrected chi connectivity index (χ4v) is 1.67. The molecule has 1 saturated heterocycles. The van der Waals surface area contributed by atoms with Crippen LogP contribution < -0.4 is 0 Å². The molecule has 13 heavy (non-hydrogen) atoms. The predicted molar refractivity (Wildman–Crippen MR) is 50.9 cm³/mol. The van der Waals surface area contributed by atoms with Gasteiger partial charge in [-0.1, -0.05) is 18.9 Å². The SMILES string of the molecule is C=C[C@H]1CCCCCC(=O)N1OC. The van der Waals surface area contributed by atoms with Crippen LogP contribution in [0.4, 0.5) is 0 Å². The summed E-state index contributed by atoms with van der Waals surface area (Å²) in [6.45, 7) is 3.72. The lowest BCUT2D eigenvalue weighted by molar-refractivity contribution is -0.185. The van der Waals surface area contributed by atoms with Gasteiger partial charge in [0.25, 0.3) is 0 Å². The maximum absolute atomic E-state index is 11.5. The second kappa shape index (κ2) is 5.02. The molecule has 1 atom stereocenters. The highest BCUT2D eigenvalue weighted by atomic mass is 16.7. The Morgan fingerprint density at radius 2 is 2.31 bits per heavy atom. The maximum Gasteiger partial charge on any atom is 0.246 e. The van der Waals surface area contributed by atoms with E-state index in [1.165, 1.54) is 12.2 Å². The molecule has 0 aliphatic carbocycles. The number of amides is 1. The zero-order valence-corrected chi connectivity index (χ0v) is 8.16. The van der Waals surface area contributed by atoms with Gasteiger partial charge >= 0.3 is 0 Å². The summed E-state index contributed by atoms with van der Waals surface area (Å²) in [6.07, 6.45) is 6.59. The van der Waals surface area contributed by atoms with Crippen LogP contribution >= 0.6 is 0 Å². The Balaban J connectivity index is 2.65. The van der Waals surface area contributed by atoms with E-state index < -0.39 is 0 Å². The Bertz CT molecular complexity index is 191. The van der Waals surface area contributed by atoms with E-state index in [9.17, 15) is 4.79 Å². The summed E-state index contributed by atoms with van der Waals surface area (Å²) in [5, 5.41) is 1.45. The molecule has 74 valence electrons. The molecular formula is C10H17NO2. The minimum atomic E-state index is 0.0535. The molecule has 0 unspecified atom stereocenters. The summed E-state index contributed by atoms with van der Waals surface area (Å²) in [6, 6.07) is 0.0535. The molecule has 0 aromatic carbocycles. The molecule has 0 aromatic rings. The van der Waals surface area contributed by atoms with Gasteiger partial charge in [0.15, 0.2) is 0 Å². The van der Waals surface area contributed by atoms with Gasteiger partial charge < -0.3 is 0 Å². The predicted octanol–water partition coefficient (Wildman–Crippen LogP) is 1.90. The van der Waals surface area contributed by atoms with Gasteiger partial charge in [0.2, 0.25) is 5.91 Å². The van der Waals surface area contributed by atoms with E-state index in [2.05, 4.69) is 6.58 Å². The quantitative estimate of drug-likeness (QED) is 0.612. The van der Waals surface area contributed by atoms with Crippen molar-refractivity contribution in [2.24, 2.45) is 0 Å². The fraction of sp³-hybridized carbons (Fsp3) is 0.700. The molecule has 0 saturated carbocycles. The third-order valence-electron chi connectivity index (χ3n) is 2.41. The number of carbonyl (C=O) groups is 1. The van der Waals surface area contributed by atoms with Crippen molar-refractivity contribution in [3.8, 4) is 0 Å². The second-order valence-electron chi connectivity index (χ2n) is 3.30. The van der Waals surface area contributed by atoms with E-state index in [0.29, 0.717) is 6.42 Å². The van der Waals surface area contributed by atoms with Crippen molar-refractivity contribution in [2.75, 3.05) is 7.11 Å². The summed E-state index contributed by atoms with van der Waals surface area (Å²) in [5.41, 5.74) is 0. The van der Waals surface area contributed by atoms with E-state index in [1.807, 2.05) is 0 Å². The van der Waals surface area contributed by atoms with Crippen molar-refractivity contribution in [2.45, 2.75) is 38.1 Å². The van der Waals surface area contributed by atoms with E-state index >= 15 is 0 Å². The number of hydrogen-bond donors (Lipinski definition) is 0. The van der Waals surface area contributed by atoms with Gasteiger partial charge in [0.1, 0.15) is 0 Å². The van der Waals surface area contributed by atoms with Crippen LogP contribution in [0.2, 0.25) is 0 Å². The average Bonchev–Trinajstić information content (AvgIpc) is 2.12. The summed E-state index contributed by atoms with van der Waals surface area (Å²) >= 11 is 0. The maximum atomic E-state index is 11.5. The second-order valence-corrected chi connectivity index (χ2v) is 3.30. The van der Waals surface area contributed by atoms with Gasteiger partial charge in [-0.05, 0) is 12.8 Å². The van der Waals surface area contributed by atoms with E-state index in [-0.39, 0.29) is 11.9 Å². The molecule has 3 nitrogen and oxygen atoms in total. The van der Waals surface area contributed by atoms with Gasteiger partial charge in [0.05, 0.1) is 13.2 Å². The Morgan fingerprint density at radius 3 is 2.92 bits per heavy atom. The topological polar surface area (TPSA) is 29.5 Å². The Labute approximate surface area is 79.3 Å². The lowest BCUT2D eigenvalue weighted by Gasteiger charge is -2.28. The van der Waals surface area contributed by atoms with Crippen molar-refractivity contribution in [1.82, 2.24) is 5.06 Å². The van der Waals surface area contributed by atoms with Gasteiger partial charge in [-0.2, -0.15) is 0 Å². The lowest BCUT2D eigenvalue weighted by atomic mass is 10.0. The molecule has 1 amide bonds. The largest absolute Gasteiger partial charge is 0.274 e. The van der Waals surface area contributed by atoms with Crippen molar-refractivity contribution in [1.29, 1.82) is 0 Å². The van der Waals surface area contributed by atoms with Gasteiger partial charge in [-0.3, -0.25) is 9.63 Å². The van der Waals surface area contributed by atoms with Crippen molar-refractivity contribution < 1.29 is 9.63 Å². The number of hydrogen-bond acceptors (Lipinski definition) is 2. The summed E-state index contributed by atoms with van der Waals surface area (Å²) in [5.74, 6) is 0.0760. The highest BCUT2D eigenvalue weighted by Gasteiger charge is 2.22. The van der Waals surface area contributed by atoms with Gasteiger partial charge in [-0.25, -0.2) is 5.06 Å². The van der Waals surface area contributed by atoms with Crippen LogP contribution in [0.1, 0.15) is 32.1 Å². The van der Waals surface area contributed by atoms with Gasteiger partial charge in [0, 0.05) is 6.42 Å². The van der Waals surface area contributed by atoms with Crippen LogP contribution in [-0.2, 0) is 9.63 Å². The molecule has 1 aliphatic heterocycles. The molecule has 1 heterocycles. The smallest absolute Gasteiger partial charge is 0.246 e. The molecule has 1 fully saturated rings. The monoisotopic (exact) mass is 183 g/mol. The first-order chi connectivity index (χ1) is 6.29. The molecule has 0 N–H and O–H groups in total. The van der Waals surface area contributed by atoms with Gasteiger partial charge in [-0.15, -0.1) is 6.58 Å². The summed E-state index contributed by atoms with van der Waals surface area (Å²) in [4.78, 5) is 16.6. The molecule has 0 aromatic heterocycles.